The molecular weight excluding hydrogens is 432 g/mol. The Bertz CT molecular complexity index is 1120. The first kappa shape index (κ1) is 21.5. The van der Waals surface area contributed by atoms with Gasteiger partial charge in [-0.1, -0.05) is 12.1 Å². The van der Waals surface area contributed by atoms with E-state index in [4.69, 9.17) is 0 Å². The SMILES string of the molecule is O=[N+]([O-])c1ccc2cccnc2c1[O-].O=[N+]([O-])c1ccc2cccnc2c1[O-].[Cu+2]. The van der Waals surface area contributed by atoms with Gasteiger partial charge in [-0.15, -0.1) is 0 Å². The first-order valence-corrected chi connectivity index (χ1v) is 7.78. The molecule has 0 aliphatic heterocycles. The number of nitrogens with zero attached hydrogens (tertiary/aromatic N) is 4. The summed E-state index contributed by atoms with van der Waals surface area (Å²) in [6.07, 6.45) is 2.88. The molecular formula is C18H10CuN4O6. The predicted molar refractivity (Wildman–Crippen MR) is 95.7 cm³/mol. The number of nitro benzene ring substituents is 2. The standard InChI is InChI=1S/2C9H6N2O3.Cu/c2*12-9-7(11(13)14)4-3-6-2-1-5-10-8(6)9;/h2*1-5,12H;/q;;+2/p-2. The topological polar surface area (TPSA) is 158 Å². The van der Waals surface area contributed by atoms with E-state index in [1.165, 1.54) is 36.7 Å². The third kappa shape index (κ3) is 4.37. The fourth-order valence-electron chi connectivity index (χ4n) is 2.50. The van der Waals surface area contributed by atoms with Crippen LogP contribution in [0.3, 0.4) is 0 Å². The van der Waals surface area contributed by atoms with Crippen LogP contribution in [0.1, 0.15) is 0 Å². The molecule has 10 nitrogen and oxygen atoms in total. The number of hydrogen-bond acceptors (Lipinski definition) is 8. The van der Waals surface area contributed by atoms with Crippen LogP contribution in [-0.2, 0) is 17.1 Å². The van der Waals surface area contributed by atoms with Crippen molar-refractivity contribution in [1.29, 1.82) is 0 Å². The van der Waals surface area contributed by atoms with E-state index in [-0.39, 0.29) is 28.1 Å². The molecule has 0 N–H and O–H groups in total. The number of aromatic nitrogens is 2. The monoisotopic (exact) mass is 441 g/mol. The summed E-state index contributed by atoms with van der Waals surface area (Å²) in [6.45, 7) is 0. The van der Waals surface area contributed by atoms with Crippen LogP contribution in [0.15, 0.2) is 60.9 Å². The molecule has 0 spiro atoms. The van der Waals surface area contributed by atoms with Crippen molar-refractivity contribution in [2.45, 2.75) is 0 Å². The fourth-order valence-corrected chi connectivity index (χ4v) is 2.50. The van der Waals surface area contributed by atoms with E-state index in [9.17, 15) is 30.4 Å². The van der Waals surface area contributed by atoms with E-state index in [2.05, 4.69) is 9.97 Å². The van der Waals surface area contributed by atoms with E-state index in [1.54, 1.807) is 24.3 Å². The van der Waals surface area contributed by atoms with Crippen LogP contribution in [0.2, 0.25) is 0 Å². The van der Waals surface area contributed by atoms with Gasteiger partial charge in [0.1, 0.15) is 0 Å². The van der Waals surface area contributed by atoms with Gasteiger partial charge >= 0.3 is 17.1 Å². The summed E-state index contributed by atoms with van der Waals surface area (Å²) in [4.78, 5) is 27.1. The molecule has 2 aromatic carbocycles. The molecule has 4 aromatic rings. The van der Waals surface area contributed by atoms with Crippen LogP contribution in [0.4, 0.5) is 11.4 Å². The second kappa shape index (κ2) is 8.91. The molecule has 29 heavy (non-hydrogen) atoms. The van der Waals surface area contributed by atoms with E-state index in [1.807, 2.05) is 0 Å². The molecule has 0 atom stereocenters. The Hall–Kier alpha value is -3.82. The van der Waals surface area contributed by atoms with Gasteiger partial charge in [0, 0.05) is 35.3 Å². The summed E-state index contributed by atoms with van der Waals surface area (Å²) >= 11 is 0. The Kier molecular flexibility index (Phi) is 6.60. The normalized spacial score (nSPS) is 9.93. The van der Waals surface area contributed by atoms with Gasteiger partial charge in [-0.3, -0.25) is 30.2 Å². The minimum absolute atomic E-state index is 0. The minimum atomic E-state index is -0.698. The van der Waals surface area contributed by atoms with Gasteiger partial charge in [0.2, 0.25) is 0 Å². The number of fused-ring (bicyclic) bond motifs is 2. The zero-order valence-electron chi connectivity index (χ0n) is 14.3. The van der Waals surface area contributed by atoms with Gasteiger partial charge < -0.3 is 10.2 Å². The van der Waals surface area contributed by atoms with Crippen molar-refractivity contribution in [2.75, 3.05) is 0 Å². The van der Waals surface area contributed by atoms with E-state index in [0.29, 0.717) is 10.8 Å². The van der Waals surface area contributed by atoms with Crippen molar-refractivity contribution < 1.29 is 37.1 Å². The van der Waals surface area contributed by atoms with Gasteiger partial charge in [0.15, 0.2) is 0 Å². The summed E-state index contributed by atoms with van der Waals surface area (Å²) in [7, 11) is 0. The maximum absolute atomic E-state index is 11.5. The molecule has 0 unspecified atom stereocenters. The Morgan fingerprint density at radius 2 is 1.03 bits per heavy atom. The third-order valence-electron chi connectivity index (χ3n) is 3.81. The van der Waals surface area contributed by atoms with Crippen molar-refractivity contribution in [3.05, 3.63) is 81.2 Å². The molecule has 0 bridgehead atoms. The average molecular weight is 442 g/mol. The Balaban J connectivity index is 0.000000200. The van der Waals surface area contributed by atoms with Crippen LogP contribution in [0, 0.1) is 20.2 Å². The van der Waals surface area contributed by atoms with Crippen LogP contribution in [-0.4, -0.2) is 19.8 Å². The predicted octanol–water partition coefficient (Wildman–Crippen LogP) is 2.43. The van der Waals surface area contributed by atoms with Gasteiger partial charge in [0.25, 0.3) is 11.4 Å². The number of nitro groups is 2. The van der Waals surface area contributed by atoms with Gasteiger partial charge in [-0.2, -0.15) is 0 Å². The van der Waals surface area contributed by atoms with E-state index in [0.717, 1.165) is 0 Å². The van der Waals surface area contributed by atoms with E-state index >= 15 is 0 Å². The fraction of sp³-hybridized carbons (Fsp3) is 0. The summed E-state index contributed by atoms with van der Waals surface area (Å²) in [5.41, 5.74) is -0.587. The summed E-state index contributed by atoms with van der Waals surface area (Å²) in [5.74, 6) is -1.26. The Morgan fingerprint density at radius 1 is 0.655 bits per heavy atom. The molecule has 0 fully saturated rings. The molecule has 0 amide bonds. The van der Waals surface area contributed by atoms with Crippen molar-refractivity contribution in [1.82, 2.24) is 9.97 Å². The summed E-state index contributed by atoms with van der Waals surface area (Å²) < 4.78 is 0. The Morgan fingerprint density at radius 3 is 1.38 bits per heavy atom. The van der Waals surface area contributed by atoms with Crippen molar-refractivity contribution in [3.63, 3.8) is 0 Å². The minimum Gasteiger partial charge on any atom is -0.866 e. The van der Waals surface area contributed by atoms with Gasteiger partial charge in [0.05, 0.1) is 20.9 Å². The van der Waals surface area contributed by atoms with Crippen LogP contribution >= 0.6 is 0 Å². The summed E-state index contributed by atoms with van der Waals surface area (Å²) in [5, 5.41) is 45.0. The molecule has 0 saturated heterocycles. The molecule has 0 aliphatic rings. The van der Waals surface area contributed by atoms with Gasteiger partial charge in [-0.05, 0) is 35.8 Å². The second-order valence-electron chi connectivity index (χ2n) is 5.49. The third-order valence-corrected chi connectivity index (χ3v) is 3.81. The van der Waals surface area contributed by atoms with Crippen LogP contribution in [0.5, 0.6) is 11.5 Å². The quantitative estimate of drug-likeness (QED) is 0.260. The molecule has 2 aromatic heterocycles. The van der Waals surface area contributed by atoms with Crippen molar-refractivity contribution in [2.24, 2.45) is 0 Å². The maximum atomic E-state index is 11.5. The number of rotatable bonds is 2. The van der Waals surface area contributed by atoms with Gasteiger partial charge in [-0.25, -0.2) is 0 Å². The smallest absolute Gasteiger partial charge is 0.866 e. The first-order valence-electron chi connectivity index (χ1n) is 7.78. The maximum Gasteiger partial charge on any atom is 2.00 e. The number of hydrogen-bond donors (Lipinski definition) is 0. The Labute approximate surface area is 173 Å². The number of benzene rings is 2. The second-order valence-corrected chi connectivity index (χ2v) is 5.49. The summed E-state index contributed by atoms with van der Waals surface area (Å²) in [6, 6.07) is 12.2. The van der Waals surface area contributed by atoms with Crippen molar-refractivity contribution >= 4 is 33.2 Å². The molecule has 0 saturated carbocycles. The zero-order valence-corrected chi connectivity index (χ0v) is 15.3. The van der Waals surface area contributed by atoms with Crippen molar-refractivity contribution in [3.8, 4) is 11.5 Å². The van der Waals surface area contributed by atoms with E-state index < -0.39 is 32.7 Å². The van der Waals surface area contributed by atoms with Crippen LogP contribution in [0.25, 0.3) is 21.8 Å². The largest absolute Gasteiger partial charge is 2.00 e. The molecule has 0 aliphatic carbocycles. The zero-order chi connectivity index (χ0) is 20.3. The molecule has 11 heteroatoms. The first-order chi connectivity index (χ1) is 13.4. The molecule has 1 radical (unpaired) electrons. The number of pyridine rings is 2. The van der Waals surface area contributed by atoms with Crippen LogP contribution < -0.4 is 10.2 Å². The average Bonchev–Trinajstić information content (AvgIpc) is 2.69. The molecule has 2 heterocycles. The molecule has 4 rings (SSSR count). The molecule has 149 valence electrons.